The van der Waals surface area contributed by atoms with Gasteiger partial charge in [0.25, 0.3) is 0 Å². The second-order valence-corrected chi connectivity index (χ2v) is 8.58. The van der Waals surface area contributed by atoms with Gasteiger partial charge in [-0.15, -0.1) is 0 Å². The highest BCUT2D eigenvalue weighted by molar-refractivity contribution is 5.57. The van der Waals surface area contributed by atoms with E-state index in [2.05, 4.69) is 66.6 Å². The number of anilines is 2. The van der Waals surface area contributed by atoms with Crippen molar-refractivity contribution in [3.05, 3.63) is 64.9 Å². The van der Waals surface area contributed by atoms with Gasteiger partial charge in [0.15, 0.2) is 0 Å². The van der Waals surface area contributed by atoms with Gasteiger partial charge in [0.1, 0.15) is 5.82 Å². The third kappa shape index (κ3) is 4.24. The molecule has 6 nitrogen and oxygen atoms in total. The largest absolute Gasteiger partial charge is 0.340 e. The Morgan fingerprint density at radius 2 is 2.00 bits per heavy atom. The molecule has 1 aliphatic heterocycles. The van der Waals surface area contributed by atoms with E-state index < -0.39 is 0 Å². The molecule has 4 heterocycles. The van der Waals surface area contributed by atoms with E-state index in [4.69, 9.17) is 10.1 Å². The summed E-state index contributed by atoms with van der Waals surface area (Å²) < 4.78 is 2.15. The number of pyridine rings is 2. The first-order valence-electron chi connectivity index (χ1n) is 10.9. The van der Waals surface area contributed by atoms with Crippen LogP contribution in [0.4, 0.5) is 11.5 Å². The van der Waals surface area contributed by atoms with Crippen LogP contribution in [0.1, 0.15) is 67.1 Å². The molecular formula is C24H32N6. The van der Waals surface area contributed by atoms with E-state index in [9.17, 15) is 0 Å². The zero-order chi connectivity index (χ0) is 21.3. The predicted molar refractivity (Wildman–Crippen MR) is 121 cm³/mol. The molecule has 1 N–H and O–H groups in total. The van der Waals surface area contributed by atoms with Crippen molar-refractivity contribution < 1.29 is 0 Å². The van der Waals surface area contributed by atoms with E-state index in [0.29, 0.717) is 12.1 Å². The Balaban J connectivity index is 1.58. The lowest BCUT2D eigenvalue weighted by molar-refractivity contribution is 0.243. The first-order chi connectivity index (χ1) is 14.4. The summed E-state index contributed by atoms with van der Waals surface area (Å²) >= 11 is 0. The average Bonchev–Trinajstić information content (AvgIpc) is 3.28. The van der Waals surface area contributed by atoms with Crippen molar-refractivity contribution in [2.75, 3.05) is 11.9 Å². The zero-order valence-electron chi connectivity index (χ0n) is 18.7. The van der Waals surface area contributed by atoms with Crippen LogP contribution in [-0.4, -0.2) is 31.2 Å². The average molecular weight is 405 g/mol. The molecule has 4 rings (SSSR count). The number of hydrogen-bond acceptors (Lipinski definition) is 5. The van der Waals surface area contributed by atoms with E-state index in [1.165, 1.54) is 17.7 Å². The van der Waals surface area contributed by atoms with Crippen molar-refractivity contribution in [2.45, 2.75) is 66.1 Å². The van der Waals surface area contributed by atoms with Gasteiger partial charge >= 0.3 is 0 Å². The second kappa shape index (κ2) is 8.56. The topological polar surface area (TPSA) is 58.9 Å². The summed E-state index contributed by atoms with van der Waals surface area (Å²) in [6.07, 6.45) is 4.13. The maximum atomic E-state index is 4.90. The normalized spacial score (nSPS) is 17.1. The molecule has 3 aromatic heterocycles. The minimum absolute atomic E-state index is 0.329. The third-order valence-electron chi connectivity index (χ3n) is 5.94. The first-order valence-corrected chi connectivity index (χ1v) is 10.9. The van der Waals surface area contributed by atoms with Crippen molar-refractivity contribution in [1.82, 2.24) is 24.6 Å². The summed E-state index contributed by atoms with van der Waals surface area (Å²) in [6.45, 7) is 12.8. The summed E-state index contributed by atoms with van der Waals surface area (Å²) in [7, 11) is 0. The van der Waals surface area contributed by atoms with Crippen LogP contribution in [-0.2, 0) is 6.54 Å². The van der Waals surface area contributed by atoms with E-state index >= 15 is 0 Å². The third-order valence-corrected chi connectivity index (χ3v) is 5.94. The number of nitrogens with zero attached hydrogens (tertiary/aromatic N) is 5. The Bertz CT molecular complexity index is 1010. The molecule has 6 heteroatoms. The summed E-state index contributed by atoms with van der Waals surface area (Å²) in [5.41, 5.74) is 6.98. The zero-order valence-corrected chi connectivity index (χ0v) is 18.7. The fourth-order valence-corrected chi connectivity index (χ4v) is 4.50. The quantitative estimate of drug-likeness (QED) is 0.607. The number of nitrogens with one attached hydrogen (secondary N) is 1. The minimum Gasteiger partial charge on any atom is -0.340 e. The lowest BCUT2D eigenvalue weighted by atomic mass is 10.1. The molecule has 1 aliphatic rings. The Morgan fingerprint density at radius 1 is 1.17 bits per heavy atom. The SMILES string of the molecule is Cc1cc(Nc2ccccn2)cc([C@H]2CCCN2Cc2c(C)nn(C(C)C)c2C)n1. The molecule has 0 amide bonds. The molecule has 0 spiro atoms. The molecule has 1 atom stereocenters. The van der Waals surface area contributed by atoms with Crippen LogP contribution in [0.2, 0.25) is 0 Å². The van der Waals surface area contributed by atoms with E-state index in [0.717, 1.165) is 48.1 Å². The minimum atomic E-state index is 0.329. The van der Waals surface area contributed by atoms with Crippen LogP contribution in [0.3, 0.4) is 0 Å². The fraction of sp³-hybridized carbons (Fsp3) is 0.458. The molecular weight excluding hydrogens is 372 g/mol. The molecule has 0 radical (unpaired) electrons. The van der Waals surface area contributed by atoms with Gasteiger partial charge in [-0.25, -0.2) is 4.98 Å². The van der Waals surface area contributed by atoms with Gasteiger partial charge < -0.3 is 5.32 Å². The molecule has 0 aliphatic carbocycles. The second-order valence-electron chi connectivity index (χ2n) is 8.58. The molecule has 3 aromatic rings. The van der Waals surface area contributed by atoms with Gasteiger partial charge in [0, 0.05) is 41.4 Å². The molecule has 0 bridgehead atoms. The van der Waals surface area contributed by atoms with Crippen LogP contribution in [0.5, 0.6) is 0 Å². The van der Waals surface area contributed by atoms with Crippen molar-refractivity contribution in [3.63, 3.8) is 0 Å². The summed E-state index contributed by atoms with van der Waals surface area (Å²) in [5.74, 6) is 0.852. The number of likely N-dealkylation sites (tertiary alicyclic amines) is 1. The highest BCUT2D eigenvalue weighted by Crippen LogP contribution is 2.35. The highest BCUT2D eigenvalue weighted by Gasteiger charge is 2.29. The number of aromatic nitrogens is 4. The summed E-state index contributed by atoms with van der Waals surface area (Å²) in [6, 6.07) is 10.9. The van der Waals surface area contributed by atoms with Crippen molar-refractivity contribution in [1.29, 1.82) is 0 Å². The molecule has 158 valence electrons. The fourth-order valence-electron chi connectivity index (χ4n) is 4.50. The molecule has 1 fully saturated rings. The van der Waals surface area contributed by atoms with Gasteiger partial charge in [-0.1, -0.05) is 6.07 Å². The summed E-state index contributed by atoms with van der Waals surface area (Å²) in [5, 5.41) is 8.21. The van der Waals surface area contributed by atoms with Crippen LogP contribution in [0.25, 0.3) is 0 Å². The maximum Gasteiger partial charge on any atom is 0.130 e. The monoisotopic (exact) mass is 404 g/mol. The number of rotatable bonds is 6. The van der Waals surface area contributed by atoms with Crippen molar-refractivity contribution >= 4 is 11.5 Å². The lowest BCUT2D eigenvalue weighted by Gasteiger charge is -2.25. The Hall–Kier alpha value is -2.73. The molecule has 0 aromatic carbocycles. The van der Waals surface area contributed by atoms with Crippen LogP contribution >= 0.6 is 0 Å². The molecule has 1 saturated heterocycles. The summed E-state index contributed by atoms with van der Waals surface area (Å²) in [4.78, 5) is 11.9. The van der Waals surface area contributed by atoms with Gasteiger partial charge in [0.05, 0.1) is 17.4 Å². The number of hydrogen-bond donors (Lipinski definition) is 1. The lowest BCUT2D eigenvalue weighted by Crippen LogP contribution is -2.24. The van der Waals surface area contributed by atoms with Crippen LogP contribution < -0.4 is 5.32 Å². The Labute approximate surface area is 179 Å². The van der Waals surface area contributed by atoms with Crippen LogP contribution in [0, 0.1) is 20.8 Å². The smallest absolute Gasteiger partial charge is 0.130 e. The first kappa shape index (κ1) is 20.5. The standard InChI is InChI=1S/C24H32N6/c1-16(2)30-19(5)21(18(4)28-30)15-29-12-8-9-23(29)22-14-20(13-17(3)26-22)27-24-10-6-7-11-25-24/h6-7,10-11,13-14,16,23H,8-9,12,15H2,1-5H3,(H,25,26,27)/t23-/m1/s1. The molecule has 30 heavy (non-hydrogen) atoms. The van der Waals surface area contributed by atoms with E-state index in [1.54, 1.807) is 6.20 Å². The van der Waals surface area contributed by atoms with Crippen LogP contribution in [0.15, 0.2) is 36.5 Å². The van der Waals surface area contributed by atoms with E-state index in [1.807, 2.05) is 18.2 Å². The maximum absolute atomic E-state index is 4.90. The number of aryl methyl sites for hydroxylation is 2. The van der Waals surface area contributed by atoms with Gasteiger partial charge in [-0.05, 0) is 78.3 Å². The molecule has 0 unspecified atom stereocenters. The van der Waals surface area contributed by atoms with Gasteiger partial charge in [0.2, 0.25) is 0 Å². The van der Waals surface area contributed by atoms with Crippen molar-refractivity contribution in [2.24, 2.45) is 0 Å². The van der Waals surface area contributed by atoms with Crippen molar-refractivity contribution in [3.8, 4) is 0 Å². The Kier molecular flexibility index (Phi) is 5.86. The van der Waals surface area contributed by atoms with E-state index in [-0.39, 0.29) is 0 Å². The molecule has 0 saturated carbocycles. The predicted octanol–water partition coefficient (Wildman–Crippen LogP) is 5.26. The van der Waals surface area contributed by atoms with Gasteiger partial charge in [-0.3, -0.25) is 14.6 Å². The van der Waals surface area contributed by atoms with Gasteiger partial charge in [-0.2, -0.15) is 5.10 Å². The Morgan fingerprint density at radius 3 is 2.70 bits per heavy atom. The highest BCUT2D eigenvalue weighted by atomic mass is 15.3.